The fourth-order valence-corrected chi connectivity index (χ4v) is 4.33. The summed E-state index contributed by atoms with van der Waals surface area (Å²) in [6, 6.07) is 10.7. The van der Waals surface area contributed by atoms with E-state index in [4.69, 9.17) is 9.26 Å². The molecule has 0 unspecified atom stereocenters. The molecular formula is C21H28N2O3. The zero-order valence-corrected chi connectivity index (χ0v) is 15.6. The molecule has 1 aromatic carbocycles. The van der Waals surface area contributed by atoms with Crippen molar-refractivity contribution in [3.63, 3.8) is 0 Å². The molecule has 0 radical (unpaired) electrons. The minimum Gasteiger partial charge on any atom is -0.390 e. The summed E-state index contributed by atoms with van der Waals surface area (Å²) in [4.78, 5) is 2.42. The average molecular weight is 356 g/mol. The Bertz CT molecular complexity index is 738. The summed E-state index contributed by atoms with van der Waals surface area (Å²) in [7, 11) is 0. The number of aliphatic hydroxyl groups is 1. The molecule has 0 amide bonds. The van der Waals surface area contributed by atoms with Crippen LogP contribution in [0.1, 0.15) is 37.5 Å². The van der Waals surface area contributed by atoms with E-state index in [0.29, 0.717) is 25.7 Å². The number of likely N-dealkylation sites (tertiary alicyclic amines) is 1. The van der Waals surface area contributed by atoms with Crippen molar-refractivity contribution >= 4 is 0 Å². The van der Waals surface area contributed by atoms with E-state index in [-0.39, 0.29) is 5.92 Å². The van der Waals surface area contributed by atoms with E-state index in [0.717, 1.165) is 42.9 Å². The summed E-state index contributed by atoms with van der Waals surface area (Å²) in [5, 5.41) is 15.1. The lowest BCUT2D eigenvalue weighted by atomic mass is 9.79. The van der Waals surface area contributed by atoms with Gasteiger partial charge in [-0.05, 0) is 39.7 Å². The van der Waals surface area contributed by atoms with Gasteiger partial charge in [-0.1, -0.05) is 35.0 Å². The maximum absolute atomic E-state index is 10.8. The Morgan fingerprint density at radius 2 is 2.12 bits per heavy atom. The first-order valence-electron chi connectivity index (χ1n) is 9.60. The first kappa shape index (κ1) is 17.7. The van der Waals surface area contributed by atoms with Crippen LogP contribution in [0, 0.1) is 12.8 Å². The number of benzene rings is 1. The standard InChI is InChI=1S/C21H28N2O3/c1-15-5-7-16(8-6-15)19-12-17(26-22-19)13-23-10-3-4-20(23)18-14-25-11-9-21(18,2)24/h5-8,12,18,20,24H,3-4,9-11,13-14H2,1-2H3/t18-,20+,21+/m0/s1. The molecule has 5 nitrogen and oxygen atoms in total. The van der Waals surface area contributed by atoms with Crippen LogP contribution in [0.5, 0.6) is 0 Å². The van der Waals surface area contributed by atoms with Crippen molar-refractivity contribution in [3.8, 4) is 11.3 Å². The Morgan fingerprint density at radius 3 is 2.88 bits per heavy atom. The largest absolute Gasteiger partial charge is 0.390 e. The van der Waals surface area contributed by atoms with Crippen molar-refractivity contribution in [2.24, 2.45) is 5.92 Å². The predicted octanol–water partition coefficient (Wildman–Crippen LogP) is 3.40. The second-order valence-corrected chi connectivity index (χ2v) is 8.01. The highest BCUT2D eigenvalue weighted by Crippen LogP contribution is 2.36. The molecule has 5 heteroatoms. The van der Waals surface area contributed by atoms with Crippen LogP contribution in [-0.2, 0) is 11.3 Å². The number of aromatic nitrogens is 1. The van der Waals surface area contributed by atoms with E-state index in [1.165, 1.54) is 5.56 Å². The van der Waals surface area contributed by atoms with Gasteiger partial charge in [0.1, 0.15) is 5.69 Å². The molecule has 2 fully saturated rings. The molecule has 3 heterocycles. The van der Waals surface area contributed by atoms with E-state index in [1.807, 2.05) is 13.0 Å². The number of rotatable bonds is 4. The van der Waals surface area contributed by atoms with Crippen molar-refractivity contribution in [1.82, 2.24) is 10.1 Å². The molecule has 2 aromatic rings. The smallest absolute Gasteiger partial charge is 0.151 e. The molecule has 2 aliphatic heterocycles. The molecule has 3 atom stereocenters. The van der Waals surface area contributed by atoms with E-state index in [9.17, 15) is 5.11 Å². The minimum atomic E-state index is -0.653. The van der Waals surface area contributed by atoms with Crippen molar-refractivity contribution < 1.29 is 14.4 Å². The molecule has 4 rings (SSSR count). The molecular weight excluding hydrogens is 328 g/mol. The van der Waals surface area contributed by atoms with Gasteiger partial charge in [-0.3, -0.25) is 4.90 Å². The second-order valence-electron chi connectivity index (χ2n) is 8.01. The third kappa shape index (κ3) is 3.56. The third-order valence-corrected chi connectivity index (χ3v) is 5.99. The fourth-order valence-electron chi connectivity index (χ4n) is 4.33. The second kappa shape index (κ2) is 7.14. The van der Waals surface area contributed by atoms with Crippen LogP contribution in [0.2, 0.25) is 0 Å². The maximum atomic E-state index is 10.8. The normalized spacial score (nSPS) is 30.0. The van der Waals surface area contributed by atoms with Crippen LogP contribution >= 0.6 is 0 Å². The average Bonchev–Trinajstić information content (AvgIpc) is 3.25. The Hall–Kier alpha value is -1.69. The van der Waals surface area contributed by atoms with Crippen LogP contribution in [0.25, 0.3) is 11.3 Å². The molecule has 1 aromatic heterocycles. The molecule has 0 saturated carbocycles. The van der Waals surface area contributed by atoms with Gasteiger partial charge in [0.25, 0.3) is 0 Å². The Morgan fingerprint density at radius 1 is 1.31 bits per heavy atom. The monoisotopic (exact) mass is 356 g/mol. The number of nitrogens with zero attached hydrogens (tertiary/aromatic N) is 2. The number of hydrogen-bond donors (Lipinski definition) is 1. The van der Waals surface area contributed by atoms with Crippen molar-refractivity contribution in [1.29, 1.82) is 0 Å². The van der Waals surface area contributed by atoms with Gasteiger partial charge < -0.3 is 14.4 Å². The first-order chi connectivity index (χ1) is 12.5. The molecule has 1 N–H and O–H groups in total. The SMILES string of the molecule is Cc1ccc(-c2cc(CN3CCC[C@@H]3[C@@H]3COCC[C@@]3(C)O)on2)cc1. The summed E-state index contributed by atoms with van der Waals surface area (Å²) in [6.45, 7) is 7.08. The molecule has 26 heavy (non-hydrogen) atoms. The highest BCUT2D eigenvalue weighted by molar-refractivity contribution is 5.59. The van der Waals surface area contributed by atoms with E-state index in [2.05, 4.69) is 41.2 Å². The predicted molar refractivity (Wildman–Crippen MR) is 99.7 cm³/mol. The minimum absolute atomic E-state index is 0.151. The number of hydrogen-bond acceptors (Lipinski definition) is 5. The molecule has 2 saturated heterocycles. The lowest BCUT2D eigenvalue weighted by Gasteiger charge is -2.43. The van der Waals surface area contributed by atoms with Gasteiger partial charge >= 0.3 is 0 Å². The van der Waals surface area contributed by atoms with Gasteiger partial charge in [0.05, 0.1) is 18.8 Å². The zero-order valence-electron chi connectivity index (χ0n) is 15.6. The lowest BCUT2D eigenvalue weighted by Crippen LogP contribution is -2.52. The maximum Gasteiger partial charge on any atom is 0.151 e. The first-order valence-corrected chi connectivity index (χ1v) is 9.60. The van der Waals surface area contributed by atoms with Gasteiger partial charge in [0.15, 0.2) is 5.76 Å². The third-order valence-electron chi connectivity index (χ3n) is 5.99. The van der Waals surface area contributed by atoms with Gasteiger partial charge in [-0.25, -0.2) is 0 Å². The van der Waals surface area contributed by atoms with Crippen LogP contribution in [0.3, 0.4) is 0 Å². The quantitative estimate of drug-likeness (QED) is 0.910. The molecule has 140 valence electrons. The zero-order chi connectivity index (χ0) is 18.1. The van der Waals surface area contributed by atoms with Gasteiger partial charge in [-0.2, -0.15) is 0 Å². The van der Waals surface area contributed by atoms with E-state index >= 15 is 0 Å². The summed E-state index contributed by atoms with van der Waals surface area (Å²) < 4.78 is 11.3. The summed E-state index contributed by atoms with van der Waals surface area (Å²) in [6.07, 6.45) is 2.96. The summed E-state index contributed by atoms with van der Waals surface area (Å²) in [5.41, 5.74) is 2.54. The van der Waals surface area contributed by atoms with E-state index < -0.39 is 5.60 Å². The Labute approximate surface area is 154 Å². The number of ether oxygens (including phenoxy) is 1. The van der Waals surface area contributed by atoms with Crippen LogP contribution < -0.4 is 0 Å². The summed E-state index contributed by atoms with van der Waals surface area (Å²) >= 11 is 0. The van der Waals surface area contributed by atoms with Crippen LogP contribution in [-0.4, -0.2) is 46.6 Å². The van der Waals surface area contributed by atoms with Crippen LogP contribution in [0.15, 0.2) is 34.9 Å². The van der Waals surface area contributed by atoms with Crippen molar-refractivity contribution in [2.75, 3.05) is 19.8 Å². The highest BCUT2D eigenvalue weighted by Gasteiger charge is 2.44. The van der Waals surface area contributed by atoms with Gasteiger partial charge in [-0.15, -0.1) is 0 Å². The molecule has 0 bridgehead atoms. The van der Waals surface area contributed by atoms with Crippen LogP contribution in [0.4, 0.5) is 0 Å². The topological polar surface area (TPSA) is 58.7 Å². The Kier molecular flexibility index (Phi) is 4.86. The molecule has 0 spiro atoms. The Balaban J connectivity index is 1.47. The fraction of sp³-hybridized carbons (Fsp3) is 0.571. The van der Waals surface area contributed by atoms with E-state index in [1.54, 1.807) is 0 Å². The van der Waals surface area contributed by atoms with Gasteiger partial charge in [0.2, 0.25) is 0 Å². The molecule has 2 aliphatic rings. The lowest BCUT2D eigenvalue weighted by molar-refractivity contribution is -0.124. The number of aryl methyl sites for hydroxylation is 1. The van der Waals surface area contributed by atoms with Crippen molar-refractivity contribution in [2.45, 2.75) is 51.3 Å². The summed E-state index contributed by atoms with van der Waals surface area (Å²) in [5.74, 6) is 1.03. The molecule has 0 aliphatic carbocycles. The van der Waals surface area contributed by atoms with Crippen molar-refractivity contribution in [3.05, 3.63) is 41.7 Å². The highest BCUT2D eigenvalue weighted by atomic mass is 16.5. The van der Waals surface area contributed by atoms with Gasteiger partial charge in [0, 0.05) is 30.2 Å².